The molecule has 1 atom stereocenters. The van der Waals surface area contributed by atoms with E-state index in [1.807, 2.05) is 0 Å². The number of benzene rings is 2. The second kappa shape index (κ2) is 7.64. The van der Waals surface area contributed by atoms with Gasteiger partial charge in [0.2, 0.25) is 15.9 Å². The molecular weight excluding hydrogens is 383 g/mol. The maximum atomic E-state index is 12.6. The van der Waals surface area contributed by atoms with Crippen LogP contribution in [0.3, 0.4) is 0 Å². The normalized spacial score (nSPS) is 12.5. The van der Waals surface area contributed by atoms with E-state index >= 15 is 0 Å². The highest BCUT2D eigenvalue weighted by Crippen LogP contribution is 2.26. The van der Waals surface area contributed by atoms with Gasteiger partial charge in [0.25, 0.3) is 0 Å². The minimum atomic E-state index is -3.68. The highest BCUT2D eigenvalue weighted by atomic mass is 35.5. The molecule has 0 aromatic heterocycles. The van der Waals surface area contributed by atoms with Gasteiger partial charge in [0.05, 0.1) is 11.9 Å². The summed E-state index contributed by atoms with van der Waals surface area (Å²) < 4.78 is 25.5. The number of anilines is 2. The number of carbonyl (C=O) groups is 1. The van der Waals surface area contributed by atoms with Crippen molar-refractivity contribution in [2.24, 2.45) is 0 Å². The molecule has 25 heavy (non-hydrogen) atoms. The first-order valence-electron chi connectivity index (χ1n) is 7.42. The SMILES string of the molecule is Cc1c(Cl)cccc1NC(=O)[C@H](C)N(c1ccc(Cl)cc1)S(C)(=O)=O. The number of rotatable bonds is 5. The van der Waals surface area contributed by atoms with Crippen LogP contribution in [0.2, 0.25) is 10.0 Å². The van der Waals surface area contributed by atoms with E-state index in [1.165, 1.54) is 6.92 Å². The van der Waals surface area contributed by atoms with Crippen LogP contribution in [-0.2, 0) is 14.8 Å². The molecule has 0 fully saturated rings. The Morgan fingerprint density at radius 3 is 2.28 bits per heavy atom. The molecule has 134 valence electrons. The Kier molecular flexibility index (Phi) is 5.98. The van der Waals surface area contributed by atoms with Crippen molar-refractivity contribution in [3.63, 3.8) is 0 Å². The van der Waals surface area contributed by atoms with Gasteiger partial charge in [-0.15, -0.1) is 0 Å². The third-order valence-corrected chi connectivity index (χ3v) is 5.60. The van der Waals surface area contributed by atoms with E-state index < -0.39 is 22.0 Å². The van der Waals surface area contributed by atoms with E-state index in [0.717, 1.165) is 10.6 Å². The second-order valence-corrected chi connectivity index (χ2v) is 8.32. The van der Waals surface area contributed by atoms with Crippen molar-refractivity contribution in [2.75, 3.05) is 15.9 Å². The molecule has 0 saturated carbocycles. The average molecular weight is 401 g/mol. The minimum absolute atomic E-state index is 0.359. The molecule has 2 rings (SSSR count). The van der Waals surface area contributed by atoms with Gasteiger partial charge in [-0.3, -0.25) is 9.10 Å². The summed E-state index contributed by atoms with van der Waals surface area (Å²) in [5, 5.41) is 3.72. The number of halogens is 2. The Labute approximate surface area is 157 Å². The van der Waals surface area contributed by atoms with Gasteiger partial charge in [-0.1, -0.05) is 29.3 Å². The molecule has 2 aromatic rings. The van der Waals surface area contributed by atoms with Gasteiger partial charge in [0, 0.05) is 15.7 Å². The van der Waals surface area contributed by atoms with Crippen molar-refractivity contribution < 1.29 is 13.2 Å². The first-order valence-corrected chi connectivity index (χ1v) is 10.0. The molecule has 5 nitrogen and oxygen atoms in total. The Balaban J connectivity index is 2.33. The van der Waals surface area contributed by atoms with Crippen LogP contribution in [0.15, 0.2) is 42.5 Å². The first kappa shape index (κ1) is 19.6. The molecular formula is C17H18Cl2N2O3S. The van der Waals surface area contributed by atoms with Crippen LogP contribution in [0.4, 0.5) is 11.4 Å². The molecule has 0 aliphatic heterocycles. The summed E-state index contributed by atoms with van der Waals surface area (Å²) in [5.41, 5.74) is 1.60. The Bertz CT molecular complexity index is 883. The third-order valence-electron chi connectivity index (χ3n) is 3.70. The van der Waals surface area contributed by atoms with E-state index in [4.69, 9.17) is 23.2 Å². The third kappa shape index (κ3) is 4.66. The van der Waals surface area contributed by atoms with Crippen LogP contribution in [0.5, 0.6) is 0 Å². The summed E-state index contributed by atoms with van der Waals surface area (Å²) >= 11 is 11.9. The van der Waals surface area contributed by atoms with Crippen molar-refractivity contribution in [2.45, 2.75) is 19.9 Å². The molecule has 0 aliphatic rings. The van der Waals surface area contributed by atoms with Gasteiger partial charge >= 0.3 is 0 Å². The highest BCUT2D eigenvalue weighted by Gasteiger charge is 2.29. The minimum Gasteiger partial charge on any atom is -0.324 e. The molecule has 0 saturated heterocycles. The van der Waals surface area contributed by atoms with Crippen molar-refractivity contribution in [1.82, 2.24) is 0 Å². The standard InChI is InChI=1S/C17H18Cl2N2O3S/c1-11-15(19)5-4-6-16(11)20-17(22)12(2)21(25(3,23)24)14-9-7-13(18)8-10-14/h4-10,12H,1-3H3,(H,20,22)/t12-/m0/s1. The van der Waals surface area contributed by atoms with Crippen molar-refractivity contribution in [1.29, 1.82) is 0 Å². The number of hydrogen-bond donors (Lipinski definition) is 1. The zero-order valence-electron chi connectivity index (χ0n) is 14.0. The number of hydrogen-bond acceptors (Lipinski definition) is 3. The van der Waals surface area contributed by atoms with Crippen LogP contribution in [0, 0.1) is 6.92 Å². The Hall–Kier alpha value is -1.76. The molecule has 2 aromatic carbocycles. The summed E-state index contributed by atoms with van der Waals surface area (Å²) in [6.45, 7) is 3.29. The molecule has 8 heteroatoms. The topological polar surface area (TPSA) is 66.5 Å². The lowest BCUT2D eigenvalue weighted by Gasteiger charge is -2.28. The summed E-state index contributed by atoms with van der Waals surface area (Å²) in [4.78, 5) is 12.6. The van der Waals surface area contributed by atoms with E-state index in [0.29, 0.717) is 27.0 Å². The van der Waals surface area contributed by atoms with Crippen LogP contribution < -0.4 is 9.62 Å². The van der Waals surface area contributed by atoms with Gasteiger partial charge < -0.3 is 5.32 Å². The smallest absolute Gasteiger partial charge is 0.248 e. The van der Waals surface area contributed by atoms with Crippen molar-refractivity contribution >= 4 is 50.5 Å². The molecule has 1 amide bonds. The zero-order chi connectivity index (χ0) is 18.8. The van der Waals surface area contributed by atoms with Gasteiger partial charge in [-0.05, 0) is 55.8 Å². The van der Waals surface area contributed by atoms with Gasteiger partial charge in [-0.2, -0.15) is 0 Å². The van der Waals surface area contributed by atoms with Crippen LogP contribution in [0.25, 0.3) is 0 Å². The molecule has 0 aliphatic carbocycles. The molecule has 0 bridgehead atoms. The second-order valence-electron chi connectivity index (χ2n) is 5.61. The molecule has 0 heterocycles. The lowest BCUT2D eigenvalue weighted by Crippen LogP contribution is -2.45. The average Bonchev–Trinajstić information content (AvgIpc) is 2.52. The fourth-order valence-electron chi connectivity index (χ4n) is 2.38. The monoisotopic (exact) mass is 400 g/mol. The maximum Gasteiger partial charge on any atom is 0.248 e. The Morgan fingerprint density at radius 1 is 1.12 bits per heavy atom. The number of carbonyl (C=O) groups excluding carboxylic acids is 1. The number of nitrogens with one attached hydrogen (secondary N) is 1. The van der Waals surface area contributed by atoms with Crippen LogP contribution >= 0.6 is 23.2 Å². The summed E-state index contributed by atoms with van der Waals surface area (Å²) in [7, 11) is -3.68. The van der Waals surface area contributed by atoms with E-state index in [1.54, 1.807) is 49.4 Å². The zero-order valence-corrected chi connectivity index (χ0v) is 16.3. The van der Waals surface area contributed by atoms with Crippen molar-refractivity contribution in [3.05, 3.63) is 58.1 Å². The molecule has 0 spiro atoms. The largest absolute Gasteiger partial charge is 0.324 e. The van der Waals surface area contributed by atoms with Crippen LogP contribution in [0.1, 0.15) is 12.5 Å². The fraction of sp³-hybridized carbons (Fsp3) is 0.235. The first-order chi connectivity index (χ1) is 11.6. The predicted octanol–water partition coefficient (Wildman–Crippen LogP) is 4.10. The lowest BCUT2D eigenvalue weighted by atomic mass is 10.2. The number of amides is 1. The number of sulfonamides is 1. The summed E-state index contributed by atoms with van der Waals surface area (Å²) in [5.74, 6) is -0.467. The number of nitrogens with zero attached hydrogens (tertiary/aromatic N) is 1. The van der Waals surface area contributed by atoms with Crippen molar-refractivity contribution in [3.8, 4) is 0 Å². The van der Waals surface area contributed by atoms with E-state index in [-0.39, 0.29) is 0 Å². The molecule has 0 unspecified atom stereocenters. The predicted molar refractivity (Wildman–Crippen MR) is 103 cm³/mol. The lowest BCUT2D eigenvalue weighted by molar-refractivity contribution is -0.116. The van der Waals surface area contributed by atoms with Gasteiger partial charge in [0.1, 0.15) is 6.04 Å². The maximum absolute atomic E-state index is 12.6. The van der Waals surface area contributed by atoms with Gasteiger partial charge in [-0.25, -0.2) is 8.42 Å². The van der Waals surface area contributed by atoms with Gasteiger partial charge in [0.15, 0.2) is 0 Å². The summed E-state index contributed by atoms with van der Waals surface area (Å²) in [6, 6.07) is 10.4. The highest BCUT2D eigenvalue weighted by molar-refractivity contribution is 7.92. The van der Waals surface area contributed by atoms with Crippen LogP contribution in [-0.4, -0.2) is 26.6 Å². The fourth-order valence-corrected chi connectivity index (χ4v) is 3.85. The van der Waals surface area contributed by atoms with E-state index in [9.17, 15) is 13.2 Å². The molecule has 1 N–H and O–H groups in total. The van der Waals surface area contributed by atoms with E-state index in [2.05, 4.69) is 5.32 Å². The quantitative estimate of drug-likeness (QED) is 0.821. The summed E-state index contributed by atoms with van der Waals surface area (Å²) in [6.07, 6.45) is 1.05. The molecule has 0 radical (unpaired) electrons. The Morgan fingerprint density at radius 2 is 1.72 bits per heavy atom.